The predicted octanol–water partition coefficient (Wildman–Crippen LogP) is -0.297. The maximum absolute atomic E-state index is 13.5. The first-order valence-corrected chi connectivity index (χ1v) is 17.7. The number of Topliss-reactive ketones (excluding diaryl/α,β-unsaturated/α-hetero) is 1. The van der Waals surface area contributed by atoms with Gasteiger partial charge >= 0.3 is 35.5 Å². The Balaban J connectivity index is 0.00000576. The summed E-state index contributed by atoms with van der Waals surface area (Å²) in [5.41, 5.74) is -2.02. The van der Waals surface area contributed by atoms with Crippen LogP contribution in [0.15, 0.2) is 23.8 Å². The minimum absolute atomic E-state index is 0. The normalized spacial score (nSPS) is 34.8. The van der Waals surface area contributed by atoms with E-state index in [-0.39, 0.29) is 97.1 Å². The van der Waals surface area contributed by atoms with Crippen molar-refractivity contribution in [2.24, 2.45) is 34.5 Å². The van der Waals surface area contributed by atoms with Crippen LogP contribution in [0.5, 0.6) is 0 Å². The number of nitrogens with zero attached hydrogens (tertiary/aromatic N) is 1. The van der Waals surface area contributed by atoms with Crippen molar-refractivity contribution in [3.63, 3.8) is 0 Å². The van der Waals surface area contributed by atoms with Crippen molar-refractivity contribution < 1.29 is 76.7 Å². The molecule has 0 bridgehead atoms. The summed E-state index contributed by atoms with van der Waals surface area (Å²) in [6, 6.07) is 0. The van der Waals surface area contributed by atoms with Crippen molar-refractivity contribution in [3.05, 3.63) is 23.8 Å². The summed E-state index contributed by atoms with van der Waals surface area (Å²) in [4.78, 5) is 51.3. The zero-order valence-corrected chi connectivity index (χ0v) is 30.6. The molecule has 3 fully saturated rings. The van der Waals surface area contributed by atoms with E-state index in [4.69, 9.17) is 4.74 Å². The fourth-order valence-corrected chi connectivity index (χ4v) is 9.51. The Bertz CT molecular complexity index is 1360. The minimum Gasteiger partial charge on any atom is -0.748 e. The van der Waals surface area contributed by atoms with Gasteiger partial charge in [0.05, 0.1) is 22.0 Å². The number of ketones is 2. The third-order valence-electron chi connectivity index (χ3n) is 11.4. The Morgan fingerprint density at radius 1 is 1.13 bits per heavy atom. The number of carbonyl (C=O) groups is 4. The number of aliphatic hydroxyl groups excluding tert-OH is 1. The molecule has 4 aliphatic carbocycles. The number of carbonyl (C=O) groups excluding carboxylic acids is 4. The molecule has 0 aromatic carbocycles. The second-order valence-electron chi connectivity index (χ2n) is 14.2. The molecule has 1 amide bonds. The van der Waals surface area contributed by atoms with Crippen molar-refractivity contribution in [2.75, 3.05) is 26.0 Å². The molecule has 0 spiro atoms. The van der Waals surface area contributed by atoms with Gasteiger partial charge in [-0.25, -0.2) is 8.42 Å². The first-order valence-electron chi connectivity index (χ1n) is 16.1. The Kier molecular flexibility index (Phi) is 12.7. The Morgan fingerprint density at radius 2 is 1.78 bits per heavy atom. The van der Waals surface area contributed by atoms with Crippen LogP contribution in [0.3, 0.4) is 0 Å². The zero-order valence-electron chi connectivity index (χ0n) is 27.8. The summed E-state index contributed by atoms with van der Waals surface area (Å²) in [7, 11) is -2.93. The average Bonchev–Trinajstić information content (AvgIpc) is 3.23. The summed E-state index contributed by atoms with van der Waals surface area (Å²) in [6.07, 6.45) is 8.97. The van der Waals surface area contributed by atoms with Crippen LogP contribution >= 0.6 is 0 Å². The molecule has 4 rings (SSSR count). The van der Waals surface area contributed by atoms with Crippen LogP contribution in [-0.4, -0.2) is 89.2 Å². The van der Waals surface area contributed by atoms with Gasteiger partial charge in [-0.2, -0.15) is 0 Å². The van der Waals surface area contributed by atoms with Crippen LogP contribution in [0.1, 0.15) is 85.0 Å². The van der Waals surface area contributed by atoms with Crippen molar-refractivity contribution in [1.29, 1.82) is 0 Å². The van der Waals surface area contributed by atoms with E-state index >= 15 is 0 Å². The molecule has 0 heterocycles. The van der Waals surface area contributed by atoms with Gasteiger partial charge in [0.25, 0.3) is 0 Å². The van der Waals surface area contributed by atoms with Gasteiger partial charge in [-0.3, -0.25) is 19.2 Å². The first-order chi connectivity index (χ1) is 20.9. The SMILES string of the molecule is CC1CC2C(C(O)CC3(C)C2CCC3(O)C(=O)COC(=O)CCCCCCC(=O)N(C)CCS(=O)(=O)[O-])C2(C)C=CC(=O)C=C12.[Na+]. The molecule has 8 unspecified atom stereocenters. The quantitative estimate of drug-likeness (QED) is 0.114. The monoisotopic (exact) mass is 673 g/mol. The fourth-order valence-electron chi connectivity index (χ4n) is 9.01. The van der Waals surface area contributed by atoms with Gasteiger partial charge < -0.3 is 24.4 Å². The van der Waals surface area contributed by atoms with Crippen molar-refractivity contribution in [3.8, 4) is 0 Å². The summed E-state index contributed by atoms with van der Waals surface area (Å²) in [5.74, 6) is -1.95. The average molecular weight is 674 g/mol. The third-order valence-corrected chi connectivity index (χ3v) is 12.1. The van der Waals surface area contributed by atoms with E-state index < -0.39 is 56.8 Å². The van der Waals surface area contributed by atoms with Crippen molar-refractivity contribution in [1.82, 2.24) is 4.90 Å². The number of ether oxygens (including phenoxy) is 1. The number of allylic oxidation sites excluding steroid dienone is 4. The molecular weight excluding hydrogens is 625 g/mol. The zero-order chi connectivity index (χ0) is 33.4. The molecule has 8 atom stereocenters. The molecular formula is C33H48NNaO10S. The minimum atomic E-state index is -4.38. The number of aliphatic hydroxyl groups is 2. The number of rotatable bonds is 13. The molecule has 0 aromatic heterocycles. The largest absolute Gasteiger partial charge is 1.00 e. The van der Waals surface area contributed by atoms with Gasteiger partial charge in [0, 0.05) is 43.2 Å². The maximum Gasteiger partial charge on any atom is 1.00 e. The van der Waals surface area contributed by atoms with E-state index in [1.807, 2.05) is 13.0 Å². The second kappa shape index (κ2) is 15.0. The smallest absolute Gasteiger partial charge is 0.748 e. The van der Waals surface area contributed by atoms with Gasteiger partial charge in [-0.05, 0) is 68.4 Å². The molecule has 252 valence electrons. The number of unbranched alkanes of at least 4 members (excludes halogenated alkanes) is 3. The van der Waals surface area contributed by atoms with E-state index in [0.29, 0.717) is 32.1 Å². The molecule has 13 heteroatoms. The van der Waals surface area contributed by atoms with Gasteiger partial charge in [-0.15, -0.1) is 0 Å². The maximum atomic E-state index is 13.5. The van der Waals surface area contributed by atoms with Crippen molar-refractivity contribution >= 4 is 33.6 Å². The van der Waals surface area contributed by atoms with Crippen LogP contribution in [-0.2, 0) is 34.0 Å². The van der Waals surface area contributed by atoms with E-state index in [1.165, 1.54) is 11.9 Å². The first kappa shape index (κ1) is 39.0. The number of hydrogen-bond acceptors (Lipinski definition) is 10. The second-order valence-corrected chi connectivity index (χ2v) is 15.7. The fraction of sp³-hybridized carbons (Fsp3) is 0.758. The van der Waals surface area contributed by atoms with Crippen LogP contribution < -0.4 is 29.6 Å². The van der Waals surface area contributed by atoms with E-state index in [0.717, 1.165) is 12.0 Å². The number of esters is 1. The molecule has 0 aliphatic heterocycles. The molecule has 11 nitrogen and oxygen atoms in total. The van der Waals surface area contributed by atoms with Gasteiger partial charge in [-0.1, -0.05) is 45.3 Å². The topological polar surface area (TPSA) is 178 Å². The van der Waals surface area contributed by atoms with E-state index in [2.05, 4.69) is 13.8 Å². The number of amides is 1. The van der Waals surface area contributed by atoms with Crippen LogP contribution in [0.25, 0.3) is 0 Å². The molecule has 4 aliphatic rings. The van der Waals surface area contributed by atoms with Crippen LogP contribution in [0.2, 0.25) is 0 Å². The Hall–Kier alpha value is -1.41. The number of hydrogen-bond donors (Lipinski definition) is 2. The molecule has 0 saturated heterocycles. The van der Waals surface area contributed by atoms with Crippen molar-refractivity contribution in [2.45, 2.75) is 96.7 Å². The summed E-state index contributed by atoms with van der Waals surface area (Å²) < 4.78 is 37.5. The van der Waals surface area contributed by atoms with Gasteiger partial charge in [0.1, 0.15) is 5.60 Å². The number of fused-ring (bicyclic) bond motifs is 5. The molecule has 0 radical (unpaired) electrons. The van der Waals surface area contributed by atoms with Gasteiger partial charge in [0.2, 0.25) is 11.7 Å². The van der Waals surface area contributed by atoms with Crippen LogP contribution in [0, 0.1) is 34.5 Å². The standard InChI is InChI=1S/C33H49NO10S.Na/c1-21-17-23-24-12-14-33(40,32(24,3)19-26(36)30(23)31(2)13-11-22(35)18-25(21)31)27(37)20-44-29(39)10-8-6-5-7-9-28(38)34(4)15-16-45(41,42)43;/h11,13,18,21,23-24,26,30,36,40H,5-10,12,14-17,19-20H2,1-4H3,(H,41,42,43);/q;+1/p-1. The molecule has 46 heavy (non-hydrogen) atoms. The van der Waals surface area contributed by atoms with Crippen LogP contribution in [0.4, 0.5) is 0 Å². The summed E-state index contributed by atoms with van der Waals surface area (Å²) in [6.45, 7) is 5.39. The Morgan fingerprint density at radius 3 is 2.43 bits per heavy atom. The molecule has 3 saturated carbocycles. The Labute approximate surface area is 294 Å². The predicted molar refractivity (Wildman–Crippen MR) is 163 cm³/mol. The van der Waals surface area contributed by atoms with E-state index in [1.54, 1.807) is 12.2 Å². The third kappa shape index (κ3) is 7.90. The van der Waals surface area contributed by atoms with E-state index in [9.17, 15) is 42.4 Å². The molecule has 0 aromatic rings. The summed E-state index contributed by atoms with van der Waals surface area (Å²) >= 11 is 0. The summed E-state index contributed by atoms with van der Waals surface area (Å²) in [5, 5.41) is 23.4. The molecule has 2 N–H and O–H groups in total. The van der Waals surface area contributed by atoms with Gasteiger partial charge in [0.15, 0.2) is 12.4 Å².